The summed E-state index contributed by atoms with van der Waals surface area (Å²) in [7, 11) is 0. The first kappa shape index (κ1) is 15.7. The van der Waals surface area contributed by atoms with Crippen LogP contribution in [0.2, 0.25) is 0 Å². The molecule has 19 heavy (non-hydrogen) atoms. The van der Waals surface area contributed by atoms with E-state index in [2.05, 4.69) is 39.8 Å². The van der Waals surface area contributed by atoms with Gasteiger partial charge in [0.1, 0.15) is 0 Å². The van der Waals surface area contributed by atoms with Crippen LogP contribution >= 0.6 is 0 Å². The van der Waals surface area contributed by atoms with Crippen molar-refractivity contribution in [3.63, 3.8) is 0 Å². The molecule has 1 aliphatic carbocycles. The fraction of sp³-hybridized carbons (Fsp3) is 0.500. The Morgan fingerprint density at radius 1 is 1.21 bits per heavy atom. The summed E-state index contributed by atoms with van der Waals surface area (Å²) in [5, 5.41) is 0. The lowest BCUT2D eigenvalue weighted by Crippen LogP contribution is -2.18. The fourth-order valence-electron chi connectivity index (χ4n) is 2.36. The van der Waals surface area contributed by atoms with E-state index in [1.807, 2.05) is 12.2 Å². The van der Waals surface area contributed by atoms with Crippen molar-refractivity contribution in [3.8, 4) is 0 Å². The normalized spacial score (nSPS) is 20.6. The zero-order chi connectivity index (χ0) is 14.5. The third kappa shape index (κ3) is 5.02. The molecule has 0 aromatic heterocycles. The van der Waals surface area contributed by atoms with Crippen LogP contribution in [0.1, 0.15) is 53.9 Å². The molecule has 0 saturated heterocycles. The first-order chi connectivity index (χ1) is 8.83. The first-order valence-electron chi connectivity index (χ1n) is 7.07. The van der Waals surface area contributed by atoms with Crippen LogP contribution in [-0.2, 0) is 4.79 Å². The maximum absolute atomic E-state index is 10.8. The molecule has 104 valence electrons. The van der Waals surface area contributed by atoms with Gasteiger partial charge in [-0.1, -0.05) is 49.3 Å². The smallest absolute Gasteiger partial charge is 0.152 e. The highest BCUT2D eigenvalue weighted by molar-refractivity contribution is 5.87. The van der Waals surface area contributed by atoms with Gasteiger partial charge in [0.2, 0.25) is 0 Å². The molecule has 0 atom stereocenters. The molecule has 0 fully saturated rings. The van der Waals surface area contributed by atoms with Crippen LogP contribution in [0.3, 0.4) is 0 Å². The molecular formula is C18H26O. The second kappa shape index (κ2) is 6.70. The minimum Gasteiger partial charge on any atom is -0.295 e. The zero-order valence-corrected chi connectivity index (χ0v) is 12.9. The van der Waals surface area contributed by atoms with Gasteiger partial charge in [-0.25, -0.2) is 0 Å². The molecule has 0 radical (unpaired) electrons. The van der Waals surface area contributed by atoms with Crippen molar-refractivity contribution < 1.29 is 4.79 Å². The number of allylic oxidation sites excluding steroid dienone is 8. The fourth-order valence-corrected chi connectivity index (χ4v) is 2.36. The summed E-state index contributed by atoms with van der Waals surface area (Å²) < 4.78 is 0. The zero-order valence-electron chi connectivity index (χ0n) is 12.9. The highest BCUT2D eigenvalue weighted by atomic mass is 16.1. The van der Waals surface area contributed by atoms with Crippen LogP contribution in [0.5, 0.6) is 0 Å². The highest BCUT2D eigenvalue weighted by Crippen LogP contribution is 2.40. The monoisotopic (exact) mass is 258 g/mol. The Labute approximate surface area is 117 Å². The van der Waals surface area contributed by atoms with Crippen molar-refractivity contribution in [2.45, 2.75) is 53.9 Å². The molecule has 0 bridgehead atoms. The van der Waals surface area contributed by atoms with Crippen LogP contribution in [0.25, 0.3) is 0 Å². The predicted octanol–water partition coefficient (Wildman–Crippen LogP) is 5.16. The molecule has 0 unspecified atom stereocenters. The SMILES string of the molecule is CC(=O)/C=C/C=C(C)/C=C/C1=C(C)C(C)(C)CCC1. The van der Waals surface area contributed by atoms with Crippen molar-refractivity contribution in [2.75, 3.05) is 0 Å². The summed E-state index contributed by atoms with van der Waals surface area (Å²) in [5.41, 5.74) is 4.49. The molecule has 0 aromatic rings. The largest absolute Gasteiger partial charge is 0.295 e. The summed E-state index contributed by atoms with van der Waals surface area (Å²) >= 11 is 0. The number of hydrogen-bond acceptors (Lipinski definition) is 1. The topological polar surface area (TPSA) is 17.1 Å². The van der Waals surface area contributed by atoms with Crippen molar-refractivity contribution in [1.82, 2.24) is 0 Å². The van der Waals surface area contributed by atoms with Crippen LogP contribution in [0.4, 0.5) is 0 Å². The van der Waals surface area contributed by atoms with E-state index < -0.39 is 0 Å². The summed E-state index contributed by atoms with van der Waals surface area (Å²) in [6, 6.07) is 0. The standard InChI is InChI=1S/C18H26O/c1-14(8-6-9-15(2)19)11-12-17-10-7-13-18(4,5)16(17)3/h6,8-9,11-12H,7,10,13H2,1-5H3/b9-6+,12-11+,14-8+. The van der Waals surface area contributed by atoms with E-state index in [-0.39, 0.29) is 5.78 Å². The average molecular weight is 258 g/mol. The molecule has 0 amide bonds. The first-order valence-corrected chi connectivity index (χ1v) is 7.07. The Morgan fingerprint density at radius 2 is 1.89 bits per heavy atom. The maximum Gasteiger partial charge on any atom is 0.152 e. The molecule has 0 saturated carbocycles. The van der Waals surface area contributed by atoms with Crippen molar-refractivity contribution >= 4 is 5.78 Å². The van der Waals surface area contributed by atoms with Crippen LogP contribution in [0.15, 0.2) is 47.1 Å². The van der Waals surface area contributed by atoms with Crippen molar-refractivity contribution in [2.24, 2.45) is 5.41 Å². The molecule has 0 aliphatic heterocycles. The van der Waals surface area contributed by atoms with E-state index in [4.69, 9.17) is 0 Å². The van der Waals surface area contributed by atoms with Gasteiger partial charge in [-0.15, -0.1) is 0 Å². The minimum absolute atomic E-state index is 0.0839. The van der Waals surface area contributed by atoms with Crippen molar-refractivity contribution in [1.29, 1.82) is 0 Å². The molecule has 0 spiro atoms. The van der Waals surface area contributed by atoms with Gasteiger partial charge >= 0.3 is 0 Å². The van der Waals surface area contributed by atoms with E-state index in [1.165, 1.54) is 36.0 Å². The Hall–Kier alpha value is -1.37. The average Bonchev–Trinajstić information content (AvgIpc) is 2.30. The number of hydrogen-bond donors (Lipinski definition) is 0. The van der Waals surface area contributed by atoms with E-state index in [1.54, 1.807) is 13.0 Å². The van der Waals surface area contributed by atoms with Gasteiger partial charge < -0.3 is 0 Å². The van der Waals surface area contributed by atoms with Gasteiger partial charge in [-0.2, -0.15) is 0 Å². The molecule has 0 aromatic carbocycles. The van der Waals surface area contributed by atoms with Gasteiger partial charge in [0, 0.05) is 0 Å². The summed E-state index contributed by atoms with van der Waals surface area (Å²) in [6.45, 7) is 10.5. The summed E-state index contributed by atoms with van der Waals surface area (Å²) in [4.78, 5) is 10.8. The molecule has 0 heterocycles. The lowest BCUT2D eigenvalue weighted by molar-refractivity contribution is -0.112. The predicted molar refractivity (Wildman–Crippen MR) is 83.1 cm³/mol. The second-order valence-corrected chi connectivity index (χ2v) is 6.10. The lowest BCUT2D eigenvalue weighted by Gasteiger charge is -2.32. The Morgan fingerprint density at radius 3 is 2.53 bits per heavy atom. The third-order valence-electron chi connectivity index (χ3n) is 3.98. The van der Waals surface area contributed by atoms with Gasteiger partial charge in [0.15, 0.2) is 5.78 Å². The van der Waals surface area contributed by atoms with Gasteiger partial charge in [-0.05, 0) is 57.1 Å². The maximum atomic E-state index is 10.8. The molecule has 0 N–H and O–H groups in total. The highest BCUT2D eigenvalue weighted by Gasteiger charge is 2.25. The van der Waals surface area contributed by atoms with E-state index in [0.717, 1.165) is 0 Å². The molecule has 1 aliphatic rings. The van der Waals surface area contributed by atoms with Gasteiger partial charge in [-0.3, -0.25) is 4.79 Å². The summed E-state index contributed by atoms with van der Waals surface area (Å²) in [6.07, 6.45) is 13.5. The van der Waals surface area contributed by atoms with Crippen LogP contribution in [0, 0.1) is 5.41 Å². The van der Waals surface area contributed by atoms with E-state index in [9.17, 15) is 4.79 Å². The van der Waals surface area contributed by atoms with Crippen LogP contribution in [-0.4, -0.2) is 5.78 Å². The summed E-state index contributed by atoms with van der Waals surface area (Å²) in [5.74, 6) is 0.0839. The van der Waals surface area contributed by atoms with Gasteiger partial charge in [0.25, 0.3) is 0 Å². The number of carbonyl (C=O) groups excluding carboxylic acids is 1. The Balaban J connectivity index is 2.79. The van der Waals surface area contributed by atoms with Gasteiger partial charge in [0.05, 0.1) is 0 Å². The number of ketones is 1. The second-order valence-electron chi connectivity index (χ2n) is 6.10. The quantitative estimate of drug-likeness (QED) is 0.503. The Bertz CT molecular complexity index is 456. The van der Waals surface area contributed by atoms with E-state index in [0.29, 0.717) is 5.41 Å². The third-order valence-corrected chi connectivity index (χ3v) is 3.98. The molecule has 1 nitrogen and oxygen atoms in total. The number of rotatable bonds is 4. The van der Waals surface area contributed by atoms with E-state index >= 15 is 0 Å². The molecule has 1 heteroatoms. The van der Waals surface area contributed by atoms with Crippen LogP contribution < -0.4 is 0 Å². The number of carbonyl (C=O) groups is 1. The molecule has 1 rings (SSSR count). The minimum atomic E-state index is 0.0839. The lowest BCUT2D eigenvalue weighted by atomic mass is 9.73. The molecular weight excluding hydrogens is 232 g/mol. The van der Waals surface area contributed by atoms with Crippen molar-refractivity contribution in [3.05, 3.63) is 47.1 Å². The Kier molecular flexibility index (Phi) is 5.53.